The molecule has 0 aliphatic rings. The number of nitrogens with zero attached hydrogens (tertiary/aromatic N) is 2. The minimum atomic E-state index is 0.609. The number of rotatable bonds is 9. The molecular formula is C25H26N6O. The van der Waals surface area contributed by atoms with Crippen LogP contribution in [0.3, 0.4) is 0 Å². The molecule has 0 atom stereocenters. The molecule has 0 spiro atoms. The van der Waals surface area contributed by atoms with Gasteiger partial charge in [-0.3, -0.25) is 0 Å². The van der Waals surface area contributed by atoms with E-state index in [4.69, 9.17) is 4.74 Å². The lowest BCUT2D eigenvalue weighted by atomic mass is 10.1. The Kier molecular flexibility index (Phi) is 5.61. The van der Waals surface area contributed by atoms with Gasteiger partial charge in [-0.25, -0.2) is 4.98 Å². The zero-order chi connectivity index (χ0) is 21.8. The minimum absolute atomic E-state index is 0.609. The van der Waals surface area contributed by atoms with E-state index in [1.807, 2.05) is 25.3 Å². The number of aromatic amines is 2. The zero-order valence-corrected chi connectivity index (χ0v) is 18.0. The van der Waals surface area contributed by atoms with Crippen LogP contribution in [0.15, 0.2) is 67.1 Å². The van der Waals surface area contributed by atoms with Gasteiger partial charge in [-0.1, -0.05) is 6.07 Å². The van der Waals surface area contributed by atoms with Gasteiger partial charge in [0.15, 0.2) is 0 Å². The van der Waals surface area contributed by atoms with Crippen LogP contribution < -0.4 is 15.4 Å². The van der Waals surface area contributed by atoms with Crippen LogP contribution in [0.1, 0.15) is 18.1 Å². The third kappa shape index (κ3) is 4.37. The summed E-state index contributed by atoms with van der Waals surface area (Å²) in [7, 11) is 0. The normalized spacial score (nSPS) is 11.2. The van der Waals surface area contributed by atoms with Crippen molar-refractivity contribution in [3.8, 4) is 5.75 Å². The Morgan fingerprint density at radius 2 is 1.91 bits per heavy atom. The van der Waals surface area contributed by atoms with Gasteiger partial charge in [0.2, 0.25) is 5.95 Å². The largest absolute Gasteiger partial charge is 0.494 e. The van der Waals surface area contributed by atoms with Crippen LogP contribution >= 0.6 is 0 Å². The van der Waals surface area contributed by atoms with E-state index in [-0.39, 0.29) is 0 Å². The number of hydrogen-bond acceptors (Lipinski definition) is 5. The number of H-pyrrole nitrogens is 2. The van der Waals surface area contributed by atoms with Gasteiger partial charge in [0, 0.05) is 48.1 Å². The summed E-state index contributed by atoms with van der Waals surface area (Å²) in [5.74, 6) is 2.31. The lowest BCUT2D eigenvalue weighted by Gasteiger charge is -2.09. The fourth-order valence-electron chi connectivity index (χ4n) is 3.88. The first-order valence-corrected chi connectivity index (χ1v) is 10.9. The number of fused-ring (bicyclic) bond motifs is 2. The van der Waals surface area contributed by atoms with Crippen molar-refractivity contribution in [1.82, 2.24) is 19.9 Å². The topological polar surface area (TPSA) is 90.6 Å². The predicted molar refractivity (Wildman–Crippen MR) is 129 cm³/mol. The van der Waals surface area contributed by atoms with Gasteiger partial charge >= 0.3 is 0 Å². The zero-order valence-electron chi connectivity index (χ0n) is 18.0. The molecule has 0 aliphatic heterocycles. The number of nitrogens with one attached hydrogen (secondary N) is 4. The third-order valence-corrected chi connectivity index (χ3v) is 5.47. The van der Waals surface area contributed by atoms with E-state index in [0.29, 0.717) is 19.1 Å². The predicted octanol–water partition coefficient (Wildman–Crippen LogP) is 5.10. The van der Waals surface area contributed by atoms with Crippen molar-refractivity contribution in [3.63, 3.8) is 0 Å². The number of aromatic nitrogens is 4. The Morgan fingerprint density at radius 3 is 2.84 bits per heavy atom. The molecule has 0 saturated heterocycles. The second-order valence-corrected chi connectivity index (χ2v) is 7.65. The van der Waals surface area contributed by atoms with Crippen molar-refractivity contribution in [2.45, 2.75) is 19.9 Å². The van der Waals surface area contributed by atoms with E-state index in [2.05, 4.69) is 73.2 Å². The lowest BCUT2D eigenvalue weighted by molar-refractivity contribution is 0.340. The average molecular weight is 427 g/mol. The molecule has 0 aliphatic carbocycles. The highest BCUT2D eigenvalue weighted by Gasteiger charge is 2.06. The Bertz CT molecular complexity index is 1340. The summed E-state index contributed by atoms with van der Waals surface area (Å²) >= 11 is 0. The first-order chi connectivity index (χ1) is 15.8. The molecular weight excluding hydrogens is 400 g/mol. The van der Waals surface area contributed by atoms with Gasteiger partial charge in [0.1, 0.15) is 11.6 Å². The van der Waals surface area contributed by atoms with Crippen LogP contribution in [-0.4, -0.2) is 33.1 Å². The summed E-state index contributed by atoms with van der Waals surface area (Å²) in [5, 5.41) is 9.12. The van der Waals surface area contributed by atoms with Gasteiger partial charge in [0.25, 0.3) is 0 Å². The summed E-state index contributed by atoms with van der Waals surface area (Å²) in [6.07, 6.45) is 6.66. The number of ether oxygens (including phenoxy) is 1. The van der Waals surface area contributed by atoms with Crippen LogP contribution in [0.25, 0.3) is 21.8 Å². The monoisotopic (exact) mass is 426 g/mol. The minimum Gasteiger partial charge on any atom is -0.494 e. The molecule has 3 aromatic heterocycles. The van der Waals surface area contributed by atoms with Crippen LogP contribution in [0.5, 0.6) is 5.75 Å². The molecule has 0 amide bonds. The lowest BCUT2D eigenvalue weighted by Crippen LogP contribution is -2.09. The summed E-state index contributed by atoms with van der Waals surface area (Å²) in [6, 6.07) is 16.5. The Morgan fingerprint density at radius 1 is 0.969 bits per heavy atom. The average Bonchev–Trinajstić information content (AvgIpc) is 3.45. The molecule has 0 radical (unpaired) electrons. The second kappa shape index (κ2) is 9.01. The fraction of sp³-hybridized carbons (Fsp3) is 0.200. The SMILES string of the molecule is CCOc1ccc2[nH]cc(CCNc3ccnc(NCc4ccc5[nH]ccc5c4)n3)c2c1. The Balaban J connectivity index is 1.19. The molecule has 0 unspecified atom stereocenters. The molecule has 2 aromatic carbocycles. The van der Waals surface area contributed by atoms with Crippen molar-refractivity contribution < 1.29 is 4.74 Å². The van der Waals surface area contributed by atoms with E-state index in [1.165, 1.54) is 21.9 Å². The molecule has 3 heterocycles. The van der Waals surface area contributed by atoms with Gasteiger partial charge in [0.05, 0.1) is 6.61 Å². The second-order valence-electron chi connectivity index (χ2n) is 7.65. The maximum absolute atomic E-state index is 5.64. The standard InChI is InChI=1S/C25H26N6O/c1-2-32-20-4-6-23-21(14-20)19(16-29-23)8-11-27-24-9-12-28-25(31-24)30-15-17-3-5-22-18(13-17)7-10-26-22/h3-7,9-10,12-14,16,26,29H,2,8,11,15H2,1H3,(H2,27,28,30,31). The number of anilines is 2. The van der Waals surface area contributed by atoms with Gasteiger partial charge in [-0.2, -0.15) is 4.98 Å². The summed E-state index contributed by atoms with van der Waals surface area (Å²) < 4.78 is 5.64. The molecule has 0 fully saturated rings. The summed E-state index contributed by atoms with van der Waals surface area (Å²) in [5.41, 5.74) is 4.70. The van der Waals surface area contributed by atoms with Crippen LogP contribution in [-0.2, 0) is 13.0 Å². The smallest absolute Gasteiger partial charge is 0.224 e. The molecule has 0 bridgehead atoms. The van der Waals surface area contributed by atoms with E-state index < -0.39 is 0 Å². The Hall–Kier alpha value is -4.00. The van der Waals surface area contributed by atoms with Crippen LogP contribution in [0, 0.1) is 0 Å². The van der Waals surface area contributed by atoms with E-state index in [0.717, 1.165) is 35.6 Å². The highest BCUT2D eigenvalue weighted by atomic mass is 16.5. The van der Waals surface area contributed by atoms with Gasteiger partial charge < -0.3 is 25.3 Å². The highest BCUT2D eigenvalue weighted by molar-refractivity contribution is 5.84. The summed E-state index contributed by atoms with van der Waals surface area (Å²) in [6.45, 7) is 4.10. The Labute approximate surface area is 186 Å². The number of benzene rings is 2. The van der Waals surface area contributed by atoms with E-state index >= 15 is 0 Å². The maximum atomic E-state index is 5.64. The van der Waals surface area contributed by atoms with E-state index in [1.54, 1.807) is 6.20 Å². The molecule has 162 valence electrons. The molecule has 7 nitrogen and oxygen atoms in total. The fourth-order valence-corrected chi connectivity index (χ4v) is 3.88. The third-order valence-electron chi connectivity index (χ3n) is 5.47. The molecule has 7 heteroatoms. The van der Waals surface area contributed by atoms with E-state index in [9.17, 15) is 0 Å². The molecule has 5 rings (SSSR count). The van der Waals surface area contributed by atoms with Crippen LogP contribution in [0.4, 0.5) is 11.8 Å². The van der Waals surface area contributed by atoms with Crippen molar-refractivity contribution in [2.75, 3.05) is 23.8 Å². The molecule has 5 aromatic rings. The van der Waals surface area contributed by atoms with Crippen molar-refractivity contribution >= 4 is 33.6 Å². The van der Waals surface area contributed by atoms with Crippen LogP contribution in [0.2, 0.25) is 0 Å². The first kappa shape index (κ1) is 19.9. The molecule has 4 N–H and O–H groups in total. The van der Waals surface area contributed by atoms with Gasteiger partial charge in [-0.05, 0) is 72.3 Å². The molecule has 0 saturated carbocycles. The van der Waals surface area contributed by atoms with Gasteiger partial charge in [-0.15, -0.1) is 0 Å². The van der Waals surface area contributed by atoms with Crippen molar-refractivity contribution in [1.29, 1.82) is 0 Å². The molecule has 32 heavy (non-hydrogen) atoms. The first-order valence-electron chi connectivity index (χ1n) is 10.9. The maximum Gasteiger partial charge on any atom is 0.224 e. The summed E-state index contributed by atoms with van der Waals surface area (Å²) in [4.78, 5) is 15.5. The highest BCUT2D eigenvalue weighted by Crippen LogP contribution is 2.24. The van der Waals surface area contributed by atoms with Crippen molar-refractivity contribution in [3.05, 3.63) is 78.2 Å². The number of hydrogen-bond donors (Lipinski definition) is 4. The quantitative estimate of drug-likeness (QED) is 0.263. The van der Waals surface area contributed by atoms with Crippen molar-refractivity contribution in [2.24, 2.45) is 0 Å².